The normalized spacial score (nSPS) is 9.70. The summed E-state index contributed by atoms with van der Waals surface area (Å²) in [4.78, 5) is 2.91. The van der Waals surface area contributed by atoms with E-state index in [2.05, 4.69) is 4.98 Å². The third kappa shape index (κ3) is 2.52. The van der Waals surface area contributed by atoms with E-state index in [9.17, 15) is 5.26 Å². The van der Waals surface area contributed by atoms with Gasteiger partial charge in [-0.3, -0.25) is 5.73 Å². The third-order valence-electron chi connectivity index (χ3n) is 3.13. The number of hydrogen-bond donors (Lipinski definition) is 2. The Balaban J connectivity index is 2.34. The minimum atomic E-state index is 0.130. The molecule has 5 heteroatoms. The van der Waals surface area contributed by atoms with E-state index in [1.165, 1.54) is 0 Å². The summed E-state index contributed by atoms with van der Waals surface area (Å²) in [5, 5.41) is 18.2. The topological polar surface area (TPSA) is 114 Å². The zero-order valence-electron chi connectivity index (χ0n) is 10.9. The van der Waals surface area contributed by atoms with Gasteiger partial charge in [0.1, 0.15) is 23.4 Å². The van der Waals surface area contributed by atoms with Gasteiger partial charge in [-0.2, -0.15) is 10.5 Å². The van der Waals surface area contributed by atoms with Crippen molar-refractivity contribution >= 4 is 11.5 Å². The molecule has 1 aromatic heterocycles. The predicted octanol–water partition coefficient (Wildman–Crippen LogP) is 1.19. The summed E-state index contributed by atoms with van der Waals surface area (Å²) < 4.78 is 0. The first kappa shape index (κ1) is 13.4. The molecule has 0 aliphatic rings. The minimum Gasteiger partial charge on any atom is -0.396 e. The average Bonchev–Trinajstić information content (AvgIpc) is 2.46. The average molecular weight is 264 g/mol. The van der Waals surface area contributed by atoms with Gasteiger partial charge < -0.3 is 5.73 Å². The molecule has 20 heavy (non-hydrogen) atoms. The Bertz CT molecular complexity index is 708. The Labute approximate surface area is 117 Å². The van der Waals surface area contributed by atoms with E-state index in [1.807, 2.05) is 42.5 Å². The van der Waals surface area contributed by atoms with Gasteiger partial charge in [-0.05, 0) is 12.0 Å². The molecular weight excluding hydrogens is 250 g/mol. The molecule has 1 heterocycles. The largest absolute Gasteiger partial charge is 0.396 e. The molecule has 0 amide bonds. The van der Waals surface area contributed by atoms with Gasteiger partial charge in [0.05, 0.1) is 5.69 Å². The summed E-state index contributed by atoms with van der Waals surface area (Å²) in [6.07, 6.45) is 1.36. The molecule has 0 unspecified atom stereocenters. The number of benzene rings is 1. The molecular formula is C15H14N5+. The number of aromatic amines is 1. The standard InChI is InChI=1S/C15H13N5/c16-8-11-13(7-6-10-4-2-1-3-5-10)20-15(19)12(9-17)14(11)18/h1-5H,6-7H2,(H4,18,19,20)/p+1. The highest BCUT2D eigenvalue weighted by molar-refractivity contribution is 5.69. The lowest BCUT2D eigenvalue weighted by atomic mass is 10.0. The number of aromatic nitrogens is 1. The summed E-state index contributed by atoms with van der Waals surface area (Å²) in [7, 11) is 0. The lowest BCUT2D eigenvalue weighted by Crippen LogP contribution is -2.22. The Morgan fingerprint density at radius 3 is 2.20 bits per heavy atom. The third-order valence-corrected chi connectivity index (χ3v) is 3.13. The van der Waals surface area contributed by atoms with E-state index in [0.29, 0.717) is 17.7 Å². The molecule has 0 atom stereocenters. The quantitative estimate of drug-likeness (QED) is 0.866. The molecule has 2 rings (SSSR count). The molecule has 1 aromatic carbocycles. The lowest BCUT2D eigenvalue weighted by molar-refractivity contribution is -0.373. The van der Waals surface area contributed by atoms with E-state index in [0.717, 1.165) is 12.0 Å². The lowest BCUT2D eigenvalue weighted by Gasteiger charge is -2.06. The fourth-order valence-electron chi connectivity index (χ4n) is 2.07. The monoisotopic (exact) mass is 264 g/mol. The number of aryl methyl sites for hydroxylation is 2. The second-order valence-electron chi connectivity index (χ2n) is 4.39. The van der Waals surface area contributed by atoms with Crippen LogP contribution in [-0.4, -0.2) is 0 Å². The van der Waals surface area contributed by atoms with Crippen molar-refractivity contribution < 1.29 is 4.98 Å². The SMILES string of the molecule is N#Cc1c(N)[nH+]c(CCc2ccccc2)c(C#N)c1N. The first-order chi connectivity index (χ1) is 9.67. The molecule has 0 aliphatic heterocycles. The van der Waals surface area contributed by atoms with Crippen molar-refractivity contribution in [3.8, 4) is 12.1 Å². The molecule has 0 bridgehead atoms. The number of pyridine rings is 1. The number of nitriles is 2. The van der Waals surface area contributed by atoms with Crippen LogP contribution in [0.25, 0.3) is 0 Å². The Morgan fingerprint density at radius 2 is 1.60 bits per heavy atom. The zero-order valence-corrected chi connectivity index (χ0v) is 10.9. The molecule has 98 valence electrons. The summed E-state index contributed by atoms with van der Waals surface area (Å²) >= 11 is 0. The van der Waals surface area contributed by atoms with Gasteiger partial charge in [0.15, 0.2) is 5.56 Å². The van der Waals surface area contributed by atoms with Gasteiger partial charge >= 0.3 is 0 Å². The number of hydrogen-bond acceptors (Lipinski definition) is 4. The maximum atomic E-state index is 9.21. The van der Waals surface area contributed by atoms with Gasteiger partial charge in [-0.25, -0.2) is 4.98 Å². The second-order valence-corrected chi connectivity index (χ2v) is 4.39. The van der Waals surface area contributed by atoms with Crippen LogP contribution < -0.4 is 16.5 Å². The highest BCUT2D eigenvalue weighted by Gasteiger charge is 2.19. The number of nitrogens with zero attached hydrogens (tertiary/aromatic N) is 2. The fraction of sp³-hybridized carbons (Fsp3) is 0.133. The van der Waals surface area contributed by atoms with E-state index >= 15 is 0 Å². The van der Waals surface area contributed by atoms with Crippen molar-refractivity contribution in [3.63, 3.8) is 0 Å². The molecule has 0 aliphatic carbocycles. The van der Waals surface area contributed by atoms with Crippen molar-refractivity contribution in [1.82, 2.24) is 0 Å². The van der Waals surface area contributed by atoms with Crippen LogP contribution in [-0.2, 0) is 12.8 Å². The van der Waals surface area contributed by atoms with Crippen LogP contribution >= 0.6 is 0 Å². The first-order valence-electron chi connectivity index (χ1n) is 6.14. The Kier molecular flexibility index (Phi) is 3.83. The molecule has 0 fully saturated rings. The number of nitrogen functional groups attached to an aromatic ring is 2. The highest BCUT2D eigenvalue weighted by atomic mass is 14.9. The van der Waals surface area contributed by atoms with Crippen molar-refractivity contribution in [3.05, 3.63) is 52.7 Å². The Hall–Kier alpha value is -3.05. The van der Waals surface area contributed by atoms with E-state index < -0.39 is 0 Å². The molecule has 0 saturated carbocycles. The van der Waals surface area contributed by atoms with E-state index in [-0.39, 0.29) is 17.1 Å². The van der Waals surface area contributed by atoms with Crippen LogP contribution in [0.1, 0.15) is 22.4 Å². The highest BCUT2D eigenvalue weighted by Crippen LogP contribution is 2.21. The van der Waals surface area contributed by atoms with Crippen LogP contribution in [0.15, 0.2) is 30.3 Å². The van der Waals surface area contributed by atoms with E-state index in [4.69, 9.17) is 16.7 Å². The number of rotatable bonds is 3. The second kappa shape index (κ2) is 5.73. The number of anilines is 2. The van der Waals surface area contributed by atoms with Gasteiger partial charge in [-0.15, -0.1) is 0 Å². The molecule has 2 aromatic rings. The smallest absolute Gasteiger partial charge is 0.290 e. The van der Waals surface area contributed by atoms with Crippen molar-refractivity contribution in [1.29, 1.82) is 10.5 Å². The molecule has 0 spiro atoms. The Morgan fingerprint density at radius 1 is 0.950 bits per heavy atom. The summed E-state index contributed by atoms with van der Waals surface area (Å²) in [6, 6.07) is 13.9. The van der Waals surface area contributed by atoms with Crippen molar-refractivity contribution in [2.75, 3.05) is 11.5 Å². The van der Waals surface area contributed by atoms with Crippen LogP contribution in [0.3, 0.4) is 0 Å². The molecule has 5 N–H and O–H groups in total. The summed E-state index contributed by atoms with van der Waals surface area (Å²) in [5.41, 5.74) is 14.0. The number of nitrogens with one attached hydrogen (secondary N) is 1. The zero-order chi connectivity index (χ0) is 14.5. The van der Waals surface area contributed by atoms with Crippen molar-refractivity contribution in [2.45, 2.75) is 12.8 Å². The number of H-pyrrole nitrogens is 1. The summed E-state index contributed by atoms with van der Waals surface area (Å²) in [6.45, 7) is 0. The van der Waals surface area contributed by atoms with Gasteiger partial charge in [0.25, 0.3) is 5.82 Å². The van der Waals surface area contributed by atoms with Gasteiger partial charge in [-0.1, -0.05) is 30.3 Å². The maximum Gasteiger partial charge on any atom is 0.290 e. The van der Waals surface area contributed by atoms with Crippen LogP contribution in [0.4, 0.5) is 11.5 Å². The molecule has 5 nitrogen and oxygen atoms in total. The first-order valence-corrected chi connectivity index (χ1v) is 6.14. The predicted molar refractivity (Wildman–Crippen MR) is 75.1 cm³/mol. The van der Waals surface area contributed by atoms with Crippen LogP contribution in [0.2, 0.25) is 0 Å². The van der Waals surface area contributed by atoms with Crippen LogP contribution in [0, 0.1) is 22.7 Å². The minimum absolute atomic E-state index is 0.130. The number of nitrogens with two attached hydrogens (primary N) is 2. The van der Waals surface area contributed by atoms with Crippen molar-refractivity contribution in [2.24, 2.45) is 0 Å². The summed E-state index contributed by atoms with van der Waals surface area (Å²) in [5.74, 6) is 0.201. The van der Waals surface area contributed by atoms with Crippen LogP contribution in [0.5, 0.6) is 0 Å². The van der Waals surface area contributed by atoms with Gasteiger partial charge in [0.2, 0.25) is 0 Å². The fourth-order valence-corrected chi connectivity index (χ4v) is 2.07. The van der Waals surface area contributed by atoms with Gasteiger partial charge in [0, 0.05) is 6.42 Å². The van der Waals surface area contributed by atoms with E-state index in [1.54, 1.807) is 0 Å². The maximum absolute atomic E-state index is 9.21. The molecule has 0 saturated heterocycles. The molecule has 0 radical (unpaired) electrons.